The van der Waals surface area contributed by atoms with E-state index in [0.29, 0.717) is 0 Å². The van der Waals surface area contributed by atoms with Gasteiger partial charge in [-0.3, -0.25) is 0 Å². The van der Waals surface area contributed by atoms with Gasteiger partial charge < -0.3 is 15.7 Å². The molecule has 0 atom stereocenters. The maximum absolute atomic E-state index is 6.77. The van der Waals surface area contributed by atoms with Gasteiger partial charge in [-0.25, -0.2) is 0 Å². The molecule has 0 aromatic carbocycles. The van der Waals surface area contributed by atoms with E-state index in [-0.39, 0.29) is 57.3 Å². The molecule has 36 valence electrons. The molecule has 1 aromatic rings. The smallest absolute Gasteiger partial charge is 0.410 e. The second-order valence-electron chi connectivity index (χ2n) is 1.07. The summed E-state index contributed by atoms with van der Waals surface area (Å²) >= 11 is 0. The molecule has 0 spiro atoms. The van der Waals surface area contributed by atoms with Crippen LogP contribution in [0.3, 0.4) is 0 Å². The van der Waals surface area contributed by atoms with Crippen LogP contribution >= 0.6 is 0 Å². The van der Waals surface area contributed by atoms with Crippen LogP contribution in [0.15, 0.2) is 18.5 Å². The van der Waals surface area contributed by atoms with E-state index in [4.69, 9.17) is 5.73 Å². The third-order valence-corrected chi connectivity index (χ3v) is 0.566. The third-order valence-electron chi connectivity index (χ3n) is 0.566. The summed E-state index contributed by atoms with van der Waals surface area (Å²) in [6.45, 7) is 0. The van der Waals surface area contributed by atoms with E-state index in [0.717, 1.165) is 0 Å². The molecular formula is C4H4KN3. The number of hydrogen-bond acceptors (Lipinski definition) is 2. The van der Waals surface area contributed by atoms with Crippen molar-refractivity contribution in [2.75, 3.05) is 0 Å². The number of aromatic nitrogens is 2. The molecule has 0 saturated carbocycles. The Hall–Kier alpha value is 0.516. The molecule has 0 fully saturated rings. The molecule has 1 aromatic heterocycles. The Morgan fingerprint density at radius 1 is 1.25 bits per heavy atom. The first-order valence-corrected chi connectivity index (χ1v) is 1.88. The van der Waals surface area contributed by atoms with Gasteiger partial charge in [0.2, 0.25) is 0 Å². The van der Waals surface area contributed by atoms with Crippen molar-refractivity contribution in [1.29, 1.82) is 0 Å². The van der Waals surface area contributed by atoms with E-state index in [1.807, 2.05) is 0 Å². The summed E-state index contributed by atoms with van der Waals surface area (Å²) in [5.41, 5.74) is 6.77. The van der Waals surface area contributed by atoms with Gasteiger partial charge in [-0.05, 0) is 12.4 Å². The van der Waals surface area contributed by atoms with Crippen molar-refractivity contribution in [3.63, 3.8) is 0 Å². The number of nitrogens with zero attached hydrogens (tertiary/aromatic N) is 2. The molecule has 0 bridgehead atoms. The minimum Gasteiger partial charge on any atom is -0.410 e. The molecule has 8 heavy (non-hydrogen) atoms. The Morgan fingerprint density at radius 3 is 2.00 bits per heavy atom. The van der Waals surface area contributed by atoms with Gasteiger partial charge in [0, 0.05) is 5.95 Å². The van der Waals surface area contributed by atoms with Gasteiger partial charge in [0.25, 0.3) is 0 Å². The first-order valence-electron chi connectivity index (χ1n) is 1.88. The standard InChI is InChI=1S/C4H4N3.K/c5-4-6-2-1-3-7-4;/h1-3H,(H-,5,6,7);/q-1;+1. The molecule has 0 amide bonds. The molecule has 0 radical (unpaired) electrons. The first kappa shape index (κ1) is 8.52. The van der Waals surface area contributed by atoms with E-state index in [1.54, 1.807) is 6.07 Å². The molecule has 0 unspecified atom stereocenters. The SMILES string of the molecule is [K+].[NH-]c1ncccn1. The Bertz CT molecular complexity index is 141. The maximum atomic E-state index is 6.77. The van der Waals surface area contributed by atoms with Crippen LogP contribution in [0.1, 0.15) is 0 Å². The van der Waals surface area contributed by atoms with E-state index in [9.17, 15) is 0 Å². The Kier molecular flexibility index (Phi) is 4.68. The van der Waals surface area contributed by atoms with Crippen molar-refractivity contribution >= 4 is 5.95 Å². The van der Waals surface area contributed by atoms with Crippen molar-refractivity contribution in [1.82, 2.24) is 9.97 Å². The number of rotatable bonds is 0. The summed E-state index contributed by atoms with van der Waals surface area (Å²) in [4.78, 5) is 7.07. The fraction of sp³-hybridized carbons (Fsp3) is 0. The summed E-state index contributed by atoms with van der Waals surface area (Å²) in [6.07, 6.45) is 3.07. The fourth-order valence-corrected chi connectivity index (χ4v) is 0.299. The Morgan fingerprint density at radius 2 is 1.75 bits per heavy atom. The minimum atomic E-state index is 0. The molecule has 1 rings (SSSR count). The van der Waals surface area contributed by atoms with Crippen molar-refractivity contribution in [2.45, 2.75) is 0 Å². The Balaban J connectivity index is 0.000000490. The monoisotopic (exact) mass is 133 g/mol. The molecule has 0 aliphatic carbocycles. The van der Waals surface area contributed by atoms with Gasteiger partial charge in [0.15, 0.2) is 0 Å². The zero-order valence-electron chi connectivity index (χ0n) is 4.63. The summed E-state index contributed by atoms with van der Waals surface area (Å²) < 4.78 is 0. The van der Waals surface area contributed by atoms with Crippen LogP contribution in [0, 0.1) is 0 Å². The number of nitrogens with one attached hydrogen (secondary N) is 1. The van der Waals surface area contributed by atoms with Gasteiger partial charge in [0.05, 0.1) is 0 Å². The minimum absolute atomic E-state index is 0. The average Bonchev–Trinajstić information content (AvgIpc) is 1.69. The van der Waals surface area contributed by atoms with Gasteiger partial charge in [-0.1, -0.05) is 6.07 Å². The number of hydrogen-bond donors (Lipinski definition) is 0. The summed E-state index contributed by atoms with van der Waals surface area (Å²) in [5, 5.41) is 0. The second kappa shape index (κ2) is 4.40. The Labute approximate surface area is 90.1 Å². The second-order valence-corrected chi connectivity index (χ2v) is 1.07. The molecule has 0 saturated heterocycles. The summed E-state index contributed by atoms with van der Waals surface area (Å²) in [5.74, 6) is 0.0718. The zero-order chi connectivity index (χ0) is 5.11. The topological polar surface area (TPSA) is 49.6 Å². The zero-order valence-corrected chi connectivity index (χ0v) is 7.75. The van der Waals surface area contributed by atoms with E-state index >= 15 is 0 Å². The van der Waals surface area contributed by atoms with Crippen LogP contribution in [-0.4, -0.2) is 9.97 Å². The summed E-state index contributed by atoms with van der Waals surface area (Å²) in [6, 6.07) is 1.68. The van der Waals surface area contributed by atoms with Crippen LogP contribution in [-0.2, 0) is 0 Å². The maximum Gasteiger partial charge on any atom is 1.00 e. The van der Waals surface area contributed by atoms with Gasteiger partial charge in [0.1, 0.15) is 0 Å². The van der Waals surface area contributed by atoms with Crippen LogP contribution in [0.2, 0.25) is 0 Å². The third kappa shape index (κ3) is 2.73. The van der Waals surface area contributed by atoms with E-state index < -0.39 is 0 Å². The van der Waals surface area contributed by atoms with Crippen LogP contribution < -0.4 is 51.4 Å². The van der Waals surface area contributed by atoms with Crippen LogP contribution in [0.5, 0.6) is 0 Å². The van der Waals surface area contributed by atoms with Crippen LogP contribution in [0.4, 0.5) is 5.95 Å². The summed E-state index contributed by atoms with van der Waals surface area (Å²) in [7, 11) is 0. The molecule has 4 heteroatoms. The quantitative estimate of drug-likeness (QED) is 0.391. The van der Waals surface area contributed by atoms with Crippen molar-refractivity contribution in [3.05, 3.63) is 24.2 Å². The predicted octanol–water partition coefficient (Wildman–Crippen LogP) is -1.84. The molecule has 1 N–H and O–H groups in total. The predicted molar refractivity (Wildman–Crippen MR) is 26.0 cm³/mol. The van der Waals surface area contributed by atoms with Gasteiger partial charge in [-0.2, -0.15) is 0 Å². The normalized spacial score (nSPS) is 7.50. The van der Waals surface area contributed by atoms with Crippen molar-refractivity contribution in [2.24, 2.45) is 0 Å². The van der Waals surface area contributed by atoms with Crippen molar-refractivity contribution in [3.8, 4) is 0 Å². The fourth-order valence-electron chi connectivity index (χ4n) is 0.299. The first-order chi connectivity index (χ1) is 3.39. The van der Waals surface area contributed by atoms with Crippen LogP contribution in [0.25, 0.3) is 5.73 Å². The van der Waals surface area contributed by atoms with Crippen molar-refractivity contribution < 1.29 is 51.4 Å². The largest absolute Gasteiger partial charge is 1.00 e. The van der Waals surface area contributed by atoms with Gasteiger partial charge >= 0.3 is 51.4 Å². The van der Waals surface area contributed by atoms with E-state index in [2.05, 4.69) is 9.97 Å². The molecule has 0 aliphatic heterocycles. The molecule has 0 aliphatic rings. The average molecular weight is 133 g/mol. The van der Waals surface area contributed by atoms with E-state index in [1.165, 1.54) is 12.4 Å². The molecular weight excluding hydrogens is 129 g/mol. The molecule has 3 nitrogen and oxygen atoms in total. The molecule has 1 heterocycles. The van der Waals surface area contributed by atoms with Gasteiger partial charge in [-0.15, -0.1) is 0 Å².